The fraction of sp³-hybridized carbons (Fsp3) is 0.571. The van der Waals surface area contributed by atoms with Gasteiger partial charge in [0.1, 0.15) is 11.4 Å². The zero-order valence-corrected chi connectivity index (χ0v) is 8.45. The molecule has 0 saturated carbocycles. The SMILES string of the molecule is O=C(CCN1C(=O)CCC1=O)OS(=O)[O-]. The molecule has 1 fully saturated rings. The summed E-state index contributed by atoms with van der Waals surface area (Å²) >= 11 is -2.90. The van der Waals surface area contributed by atoms with Crippen LogP contribution in [-0.2, 0) is 29.9 Å². The summed E-state index contributed by atoms with van der Waals surface area (Å²) in [6.07, 6.45) is -0.0335. The van der Waals surface area contributed by atoms with E-state index in [-0.39, 0.29) is 37.6 Å². The average Bonchev–Trinajstić information content (AvgIpc) is 2.42. The maximum absolute atomic E-state index is 11.1. The minimum atomic E-state index is -2.90. The molecule has 1 aliphatic heterocycles. The van der Waals surface area contributed by atoms with Gasteiger partial charge in [0, 0.05) is 19.4 Å². The van der Waals surface area contributed by atoms with E-state index in [1.165, 1.54) is 0 Å². The summed E-state index contributed by atoms with van der Waals surface area (Å²) in [4.78, 5) is 33.8. The van der Waals surface area contributed by atoms with Crippen molar-refractivity contribution in [3.05, 3.63) is 0 Å². The zero-order valence-electron chi connectivity index (χ0n) is 7.63. The molecule has 1 aliphatic rings. The largest absolute Gasteiger partial charge is 0.740 e. The molecule has 0 aromatic rings. The second kappa shape index (κ2) is 4.99. The third-order valence-electron chi connectivity index (χ3n) is 1.86. The molecule has 1 atom stereocenters. The number of amides is 2. The minimum absolute atomic E-state index is 0.131. The summed E-state index contributed by atoms with van der Waals surface area (Å²) in [6.45, 7) is -0.131. The maximum Gasteiger partial charge on any atom is 0.320 e. The predicted octanol–water partition coefficient (Wildman–Crippen LogP) is -1.14. The van der Waals surface area contributed by atoms with E-state index in [0.717, 1.165) is 4.90 Å². The van der Waals surface area contributed by atoms with E-state index in [1.807, 2.05) is 0 Å². The van der Waals surface area contributed by atoms with E-state index in [2.05, 4.69) is 4.18 Å². The summed E-state index contributed by atoms with van der Waals surface area (Å²) < 4.78 is 23.7. The fourth-order valence-electron chi connectivity index (χ4n) is 1.19. The molecule has 0 aliphatic carbocycles. The van der Waals surface area contributed by atoms with Gasteiger partial charge < -0.3 is 8.74 Å². The van der Waals surface area contributed by atoms with E-state index in [0.29, 0.717) is 0 Å². The van der Waals surface area contributed by atoms with Gasteiger partial charge in [0.2, 0.25) is 11.8 Å². The molecule has 1 saturated heterocycles. The van der Waals surface area contributed by atoms with E-state index in [1.54, 1.807) is 0 Å². The molecule has 84 valence electrons. The number of carbonyl (C=O) groups excluding carboxylic acids is 3. The van der Waals surface area contributed by atoms with Crippen molar-refractivity contribution in [1.82, 2.24) is 4.90 Å². The minimum Gasteiger partial charge on any atom is -0.740 e. The van der Waals surface area contributed by atoms with Gasteiger partial charge >= 0.3 is 5.97 Å². The van der Waals surface area contributed by atoms with E-state index in [4.69, 9.17) is 0 Å². The Morgan fingerprint density at radius 1 is 1.40 bits per heavy atom. The first-order valence-corrected chi connectivity index (χ1v) is 5.14. The van der Waals surface area contributed by atoms with Gasteiger partial charge in [0.25, 0.3) is 0 Å². The van der Waals surface area contributed by atoms with Crippen molar-refractivity contribution in [3.8, 4) is 0 Å². The number of hydrogen-bond donors (Lipinski definition) is 0. The first-order chi connectivity index (χ1) is 7.00. The predicted molar refractivity (Wildman–Crippen MR) is 45.6 cm³/mol. The zero-order chi connectivity index (χ0) is 11.4. The molecule has 0 aromatic heterocycles. The summed E-state index contributed by atoms with van der Waals surface area (Å²) in [6, 6.07) is 0. The molecular weight excluding hydrogens is 226 g/mol. The van der Waals surface area contributed by atoms with Crippen LogP contribution in [-0.4, -0.2) is 38.0 Å². The summed E-state index contributed by atoms with van der Waals surface area (Å²) in [5.41, 5.74) is 0. The van der Waals surface area contributed by atoms with Gasteiger partial charge in [-0.05, 0) is 0 Å². The van der Waals surface area contributed by atoms with Crippen LogP contribution in [0.5, 0.6) is 0 Å². The lowest BCUT2D eigenvalue weighted by Crippen LogP contribution is -2.31. The smallest absolute Gasteiger partial charge is 0.320 e. The first kappa shape index (κ1) is 11.8. The highest BCUT2D eigenvalue weighted by molar-refractivity contribution is 7.74. The lowest BCUT2D eigenvalue weighted by atomic mass is 10.4. The van der Waals surface area contributed by atoms with Crippen LogP contribution in [0.2, 0.25) is 0 Å². The third-order valence-corrected chi connectivity index (χ3v) is 2.18. The highest BCUT2D eigenvalue weighted by Crippen LogP contribution is 2.11. The van der Waals surface area contributed by atoms with Crippen LogP contribution < -0.4 is 0 Å². The Labute approximate surface area is 87.9 Å². The molecule has 0 radical (unpaired) electrons. The molecule has 1 unspecified atom stereocenters. The summed E-state index contributed by atoms with van der Waals surface area (Å²) in [5.74, 6) is -1.69. The van der Waals surface area contributed by atoms with Gasteiger partial charge in [-0.25, -0.2) is 4.21 Å². The lowest BCUT2D eigenvalue weighted by molar-refractivity contribution is -0.139. The van der Waals surface area contributed by atoms with Crippen LogP contribution >= 0.6 is 0 Å². The molecular formula is C7H8NO6S-. The van der Waals surface area contributed by atoms with E-state index >= 15 is 0 Å². The molecule has 7 nitrogen and oxygen atoms in total. The Bertz CT molecular complexity index is 311. The molecule has 0 bridgehead atoms. The maximum atomic E-state index is 11.1. The van der Waals surface area contributed by atoms with Crippen LogP contribution in [0.3, 0.4) is 0 Å². The topological polar surface area (TPSA) is 104 Å². The van der Waals surface area contributed by atoms with Gasteiger partial charge in [0.15, 0.2) is 0 Å². The normalized spacial score (nSPS) is 18.1. The van der Waals surface area contributed by atoms with Gasteiger partial charge in [-0.1, -0.05) is 0 Å². The van der Waals surface area contributed by atoms with Gasteiger partial charge in [-0.2, -0.15) is 0 Å². The first-order valence-electron chi connectivity index (χ1n) is 4.14. The fourth-order valence-corrected chi connectivity index (χ4v) is 1.43. The molecule has 8 heteroatoms. The van der Waals surface area contributed by atoms with Crippen LogP contribution in [0.15, 0.2) is 0 Å². The van der Waals surface area contributed by atoms with Crippen LogP contribution in [0.1, 0.15) is 19.3 Å². The Kier molecular flexibility index (Phi) is 3.92. The Morgan fingerprint density at radius 2 is 1.93 bits per heavy atom. The second-order valence-electron chi connectivity index (χ2n) is 2.85. The van der Waals surface area contributed by atoms with E-state index < -0.39 is 17.3 Å². The number of hydrogen-bond acceptors (Lipinski definition) is 6. The van der Waals surface area contributed by atoms with Crippen molar-refractivity contribution in [1.29, 1.82) is 0 Å². The van der Waals surface area contributed by atoms with Gasteiger partial charge in [-0.3, -0.25) is 19.3 Å². The number of imide groups is 1. The van der Waals surface area contributed by atoms with Crippen molar-refractivity contribution in [2.45, 2.75) is 19.3 Å². The average molecular weight is 234 g/mol. The number of nitrogens with zero attached hydrogens (tertiary/aromatic N) is 1. The van der Waals surface area contributed by atoms with Crippen LogP contribution in [0.25, 0.3) is 0 Å². The van der Waals surface area contributed by atoms with Crippen molar-refractivity contribution in [2.24, 2.45) is 0 Å². The summed E-state index contributed by atoms with van der Waals surface area (Å²) in [5, 5.41) is 0. The summed E-state index contributed by atoms with van der Waals surface area (Å²) in [7, 11) is 0. The van der Waals surface area contributed by atoms with Gasteiger partial charge in [0.05, 0.1) is 6.42 Å². The quantitative estimate of drug-likeness (QED) is 0.450. The molecule has 0 N–H and O–H groups in total. The molecule has 0 aromatic carbocycles. The Balaban J connectivity index is 2.36. The molecule has 1 heterocycles. The molecule has 1 rings (SSSR count). The highest BCUT2D eigenvalue weighted by Gasteiger charge is 2.28. The van der Waals surface area contributed by atoms with Crippen LogP contribution in [0, 0.1) is 0 Å². The van der Waals surface area contributed by atoms with E-state index in [9.17, 15) is 23.1 Å². The van der Waals surface area contributed by atoms with Crippen molar-refractivity contribution in [2.75, 3.05) is 6.54 Å². The molecule has 2 amide bonds. The monoisotopic (exact) mass is 234 g/mol. The standard InChI is InChI=1S/C7H9NO6S/c9-5-1-2-6(10)8(5)4-3-7(11)14-15(12)13/h1-4H2,(H,12,13)/p-1. The van der Waals surface area contributed by atoms with Crippen molar-refractivity contribution < 1.29 is 27.3 Å². The van der Waals surface area contributed by atoms with Crippen molar-refractivity contribution >= 4 is 29.1 Å². The van der Waals surface area contributed by atoms with Crippen LogP contribution in [0.4, 0.5) is 0 Å². The Morgan fingerprint density at radius 3 is 2.40 bits per heavy atom. The highest BCUT2D eigenvalue weighted by atomic mass is 32.2. The van der Waals surface area contributed by atoms with Crippen molar-refractivity contribution in [3.63, 3.8) is 0 Å². The number of carbonyl (C=O) groups is 3. The number of rotatable bonds is 4. The van der Waals surface area contributed by atoms with Gasteiger partial charge in [-0.15, -0.1) is 0 Å². The molecule has 0 spiro atoms. The Hall–Kier alpha value is -1.28. The number of likely N-dealkylation sites (tertiary alicyclic amines) is 1. The lowest BCUT2D eigenvalue weighted by Gasteiger charge is -2.12. The molecule has 15 heavy (non-hydrogen) atoms. The second-order valence-corrected chi connectivity index (χ2v) is 3.42. The third kappa shape index (κ3) is 3.40.